The molecule has 11 heavy (non-hydrogen) atoms. The van der Waals surface area contributed by atoms with E-state index in [1.165, 1.54) is 5.57 Å². The Morgan fingerprint density at radius 3 is 2.00 bits per heavy atom. The molecule has 0 atom stereocenters. The molecule has 0 bridgehead atoms. The summed E-state index contributed by atoms with van der Waals surface area (Å²) in [5, 5.41) is 0. The zero-order chi connectivity index (χ0) is 9.11. The van der Waals surface area contributed by atoms with E-state index in [0.717, 1.165) is 6.42 Å². The molecule has 0 N–H and O–H groups in total. The van der Waals surface area contributed by atoms with Gasteiger partial charge in [-0.25, -0.2) is 0 Å². The number of hydrogen-bond acceptors (Lipinski definition) is 0. The van der Waals surface area contributed by atoms with Crippen LogP contribution < -0.4 is 0 Å². The highest BCUT2D eigenvalue weighted by Crippen LogP contribution is 2.00. The lowest BCUT2D eigenvalue weighted by atomic mass is 10.2. The van der Waals surface area contributed by atoms with Gasteiger partial charge in [-0.05, 0) is 27.2 Å². The first-order valence-electron chi connectivity index (χ1n) is 3.91. The van der Waals surface area contributed by atoms with Gasteiger partial charge in [0.25, 0.3) is 0 Å². The van der Waals surface area contributed by atoms with Gasteiger partial charge in [0.05, 0.1) is 0 Å². The van der Waals surface area contributed by atoms with Crippen LogP contribution in [0.5, 0.6) is 0 Å². The largest absolute Gasteiger partial charge is 0.120 e. The summed E-state index contributed by atoms with van der Waals surface area (Å²) < 4.78 is 0. The molecule has 0 aliphatic carbocycles. The van der Waals surface area contributed by atoms with Gasteiger partial charge in [-0.3, -0.25) is 0 Å². The summed E-state index contributed by atoms with van der Waals surface area (Å²) in [5.74, 6) is 2.25. The van der Waals surface area contributed by atoms with Crippen molar-refractivity contribution in [3.63, 3.8) is 0 Å². The molecule has 0 aliphatic heterocycles. The van der Waals surface area contributed by atoms with E-state index in [9.17, 15) is 0 Å². The van der Waals surface area contributed by atoms with Gasteiger partial charge in [-0.15, -0.1) is 12.3 Å². The summed E-state index contributed by atoms with van der Waals surface area (Å²) in [6.45, 7) is 7.92. The fraction of sp³-hybridized carbons (Fsp3) is 0.455. The molecule has 0 aromatic rings. The Kier molecular flexibility index (Phi) is 13.6. The third-order valence-corrected chi connectivity index (χ3v) is 1.16. The number of allylic oxidation sites excluding steroid dienone is 4. The molecule has 0 aromatic carbocycles. The summed E-state index contributed by atoms with van der Waals surface area (Å²) in [6, 6.07) is 0. The summed E-state index contributed by atoms with van der Waals surface area (Å²) in [5.41, 5.74) is 1.41. The first-order valence-corrected chi connectivity index (χ1v) is 3.91. The van der Waals surface area contributed by atoms with Crippen molar-refractivity contribution in [1.29, 1.82) is 0 Å². The van der Waals surface area contributed by atoms with Gasteiger partial charge < -0.3 is 0 Å². The molecule has 0 radical (unpaired) electrons. The van der Waals surface area contributed by atoms with Crippen molar-refractivity contribution in [2.75, 3.05) is 0 Å². The van der Waals surface area contributed by atoms with Gasteiger partial charge in [0, 0.05) is 0 Å². The molecule has 0 amide bonds. The molecule has 0 spiro atoms. The van der Waals surface area contributed by atoms with Crippen LogP contribution in [0.15, 0.2) is 23.8 Å². The minimum atomic E-state index is 1.14. The van der Waals surface area contributed by atoms with Crippen LogP contribution in [-0.2, 0) is 0 Å². The van der Waals surface area contributed by atoms with E-state index in [4.69, 9.17) is 0 Å². The average molecular weight is 150 g/mol. The Hall–Kier alpha value is -0.960. The minimum absolute atomic E-state index is 1.14. The first-order chi connectivity index (χ1) is 5.26. The van der Waals surface area contributed by atoms with Crippen LogP contribution in [-0.4, -0.2) is 0 Å². The molecule has 0 saturated carbocycles. The van der Waals surface area contributed by atoms with Crippen molar-refractivity contribution in [3.05, 3.63) is 23.8 Å². The molecule has 0 aliphatic rings. The van der Waals surface area contributed by atoms with Gasteiger partial charge in [0.15, 0.2) is 0 Å². The average Bonchev–Trinajstić information content (AvgIpc) is 2.02. The van der Waals surface area contributed by atoms with Gasteiger partial charge in [-0.1, -0.05) is 30.7 Å². The highest BCUT2D eigenvalue weighted by molar-refractivity contribution is 5.16. The van der Waals surface area contributed by atoms with Crippen LogP contribution in [0.2, 0.25) is 0 Å². The zero-order valence-electron chi connectivity index (χ0n) is 8.02. The minimum Gasteiger partial charge on any atom is -0.120 e. The second-order valence-electron chi connectivity index (χ2n) is 2.01. The van der Waals surface area contributed by atoms with E-state index < -0.39 is 0 Å². The first kappa shape index (κ1) is 12.7. The monoisotopic (exact) mass is 150 g/mol. The summed E-state index contributed by atoms with van der Waals surface area (Å²) in [4.78, 5) is 0. The SMILES string of the molecule is C#CC.C/C=C\C(=C/C)CC. The molecule has 0 aromatic heterocycles. The Balaban J connectivity index is 0. The van der Waals surface area contributed by atoms with E-state index in [1.54, 1.807) is 6.92 Å². The van der Waals surface area contributed by atoms with Crippen molar-refractivity contribution in [2.24, 2.45) is 0 Å². The molecular formula is C11H18. The predicted molar refractivity (Wildman–Crippen MR) is 53.4 cm³/mol. The molecule has 0 rings (SSSR count). The Labute approximate surface area is 71.0 Å². The Morgan fingerprint density at radius 2 is 1.91 bits per heavy atom. The van der Waals surface area contributed by atoms with Crippen molar-refractivity contribution < 1.29 is 0 Å². The van der Waals surface area contributed by atoms with E-state index >= 15 is 0 Å². The second kappa shape index (κ2) is 11.8. The molecule has 0 nitrogen and oxygen atoms in total. The van der Waals surface area contributed by atoms with Crippen LogP contribution in [0, 0.1) is 12.3 Å². The molecule has 0 unspecified atom stereocenters. The van der Waals surface area contributed by atoms with Crippen LogP contribution in [0.3, 0.4) is 0 Å². The maximum absolute atomic E-state index is 4.60. The van der Waals surface area contributed by atoms with E-state index in [2.05, 4.69) is 44.4 Å². The highest BCUT2D eigenvalue weighted by atomic mass is 13.9. The van der Waals surface area contributed by atoms with E-state index in [1.807, 2.05) is 6.92 Å². The quantitative estimate of drug-likeness (QED) is 0.417. The molecule has 0 saturated heterocycles. The fourth-order valence-electron chi connectivity index (χ4n) is 0.632. The summed E-state index contributed by atoms with van der Waals surface area (Å²) >= 11 is 0. The maximum atomic E-state index is 4.60. The normalized spacial score (nSPS) is 10.3. The number of hydrogen-bond donors (Lipinski definition) is 0. The van der Waals surface area contributed by atoms with Gasteiger partial charge in [0.1, 0.15) is 0 Å². The Morgan fingerprint density at radius 1 is 1.45 bits per heavy atom. The van der Waals surface area contributed by atoms with Crippen molar-refractivity contribution >= 4 is 0 Å². The third-order valence-electron chi connectivity index (χ3n) is 1.16. The highest BCUT2D eigenvalue weighted by Gasteiger charge is 1.79. The zero-order valence-corrected chi connectivity index (χ0v) is 8.02. The molecule has 62 valence electrons. The molecule has 0 heterocycles. The number of rotatable bonds is 2. The molecular weight excluding hydrogens is 132 g/mol. The standard InChI is InChI=1S/C8H14.C3H4/c1-4-7-8(5-2)6-3;1-3-2/h4-5,7H,6H2,1-3H3;1H,2H3/b7-4-,8-5-;. The van der Waals surface area contributed by atoms with Crippen molar-refractivity contribution in [2.45, 2.75) is 34.1 Å². The lowest BCUT2D eigenvalue weighted by molar-refractivity contribution is 1.14. The van der Waals surface area contributed by atoms with Crippen LogP contribution >= 0.6 is 0 Å². The van der Waals surface area contributed by atoms with E-state index in [-0.39, 0.29) is 0 Å². The lowest BCUT2D eigenvalue weighted by Crippen LogP contribution is -1.69. The van der Waals surface area contributed by atoms with Gasteiger partial charge >= 0.3 is 0 Å². The topological polar surface area (TPSA) is 0 Å². The Bertz CT molecular complexity index is 151. The van der Waals surface area contributed by atoms with Crippen LogP contribution in [0.4, 0.5) is 0 Å². The van der Waals surface area contributed by atoms with Crippen LogP contribution in [0.25, 0.3) is 0 Å². The summed E-state index contributed by atoms with van der Waals surface area (Å²) in [7, 11) is 0. The smallest absolute Gasteiger partial charge is 0.00297 e. The summed E-state index contributed by atoms with van der Waals surface area (Å²) in [6.07, 6.45) is 12.1. The number of terminal acetylenes is 1. The lowest BCUT2D eigenvalue weighted by Gasteiger charge is -1.90. The fourth-order valence-corrected chi connectivity index (χ4v) is 0.632. The predicted octanol–water partition coefficient (Wildman–Crippen LogP) is 3.56. The third kappa shape index (κ3) is 12.3. The van der Waals surface area contributed by atoms with Crippen molar-refractivity contribution in [1.82, 2.24) is 0 Å². The molecule has 0 fully saturated rings. The van der Waals surface area contributed by atoms with E-state index in [0.29, 0.717) is 0 Å². The van der Waals surface area contributed by atoms with Crippen molar-refractivity contribution in [3.8, 4) is 12.3 Å². The van der Waals surface area contributed by atoms with Gasteiger partial charge in [0.2, 0.25) is 0 Å². The molecule has 0 heteroatoms. The van der Waals surface area contributed by atoms with Crippen LogP contribution in [0.1, 0.15) is 34.1 Å². The maximum Gasteiger partial charge on any atom is -0.00297 e. The van der Waals surface area contributed by atoms with Gasteiger partial charge in [-0.2, -0.15) is 0 Å². The second-order valence-corrected chi connectivity index (χ2v) is 2.01.